The molecule has 0 heterocycles. The fraction of sp³-hybridized carbons (Fsp3) is 0.462. The summed E-state index contributed by atoms with van der Waals surface area (Å²) in [5, 5.41) is 3.42. The molecule has 0 aromatic heterocycles. The highest BCUT2D eigenvalue weighted by atomic mass is 35.5. The molecule has 2 nitrogen and oxygen atoms in total. The van der Waals surface area contributed by atoms with Crippen LogP contribution in [0.1, 0.15) is 36.2 Å². The summed E-state index contributed by atoms with van der Waals surface area (Å²) in [6.45, 7) is 5.78. The van der Waals surface area contributed by atoms with Gasteiger partial charge in [0.2, 0.25) is 0 Å². The second kappa shape index (κ2) is 5.74. The summed E-state index contributed by atoms with van der Waals surface area (Å²) >= 11 is 12.0. The van der Waals surface area contributed by atoms with Crippen molar-refractivity contribution in [3.63, 3.8) is 0 Å². The van der Waals surface area contributed by atoms with Crippen LogP contribution in [-0.2, 0) is 0 Å². The van der Waals surface area contributed by atoms with Crippen LogP contribution in [0.4, 0.5) is 0 Å². The molecular formula is C13H17Cl2NO. The summed E-state index contributed by atoms with van der Waals surface area (Å²) in [6.07, 6.45) is 0.770. The van der Waals surface area contributed by atoms with Crippen molar-refractivity contribution in [3.05, 3.63) is 34.3 Å². The zero-order chi connectivity index (χ0) is 13.1. The summed E-state index contributed by atoms with van der Waals surface area (Å²) in [7, 11) is 0. The maximum atomic E-state index is 12.1. The molecule has 1 atom stereocenters. The fourth-order valence-corrected chi connectivity index (χ4v) is 1.85. The molecule has 1 aromatic rings. The van der Waals surface area contributed by atoms with Gasteiger partial charge in [-0.2, -0.15) is 0 Å². The molecule has 1 unspecified atom stereocenters. The third-order valence-corrected chi connectivity index (χ3v) is 4.02. The van der Waals surface area contributed by atoms with Crippen LogP contribution in [0.25, 0.3) is 0 Å². The Hall–Kier alpha value is -0.730. The van der Waals surface area contributed by atoms with Gasteiger partial charge in [0.05, 0.1) is 16.1 Å². The maximum Gasteiger partial charge on any atom is 0.253 e. The van der Waals surface area contributed by atoms with Crippen LogP contribution in [0.5, 0.6) is 0 Å². The molecule has 0 radical (unpaired) electrons. The van der Waals surface area contributed by atoms with Crippen LogP contribution < -0.4 is 5.32 Å². The van der Waals surface area contributed by atoms with E-state index >= 15 is 0 Å². The average molecular weight is 274 g/mol. The standard InChI is InChI=1S/C13H17Cl2NO/c1-4-13(3,8-14)16-12(17)10-7-5-6-9(2)11(10)15/h5-7H,4,8H2,1-3H3,(H,16,17). The molecule has 0 aliphatic rings. The van der Waals surface area contributed by atoms with Crippen molar-refractivity contribution in [2.45, 2.75) is 32.7 Å². The van der Waals surface area contributed by atoms with Crippen molar-refractivity contribution in [2.24, 2.45) is 0 Å². The van der Waals surface area contributed by atoms with Crippen LogP contribution in [0.3, 0.4) is 0 Å². The largest absolute Gasteiger partial charge is 0.346 e. The quantitative estimate of drug-likeness (QED) is 0.832. The number of nitrogens with one attached hydrogen (secondary N) is 1. The lowest BCUT2D eigenvalue weighted by Crippen LogP contribution is -2.47. The molecule has 0 aliphatic heterocycles. The van der Waals surface area contributed by atoms with E-state index in [1.165, 1.54) is 0 Å². The minimum Gasteiger partial charge on any atom is -0.346 e. The highest BCUT2D eigenvalue weighted by molar-refractivity contribution is 6.34. The number of halogens is 2. The number of carbonyl (C=O) groups excluding carboxylic acids is 1. The molecule has 0 bridgehead atoms. The molecule has 17 heavy (non-hydrogen) atoms. The van der Waals surface area contributed by atoms with E-state index in [4.69, 9.17) is 23.2 Å². The Labute approximate surface area is 112 Å². The van der Waals surface area contributed by atoms with Crippen molar-refractivity contribution in [2.75, 3.05) is 5.88 Å². The first-order chi connectivity index (χ1) is 7.93. The molecule has 0 fully saturated rings. The summed E-state index contributed by atoms with van der Waals surface area (Å²) in [5.41, 5.74) is 0.992. The lowest BCUT2D eigenvalue weighted by Gasteiger charge is -2.27. The highest BCUT2D eigenvalue weighted by Gasteiger charge is 2.24. The number of aryl methyl sites for hydroxylation is 1. The zero-order valence-corrected chi connectivity index (χ0v) is 11.8. The molecule has 1 N–H and O–H groups in total. The Kier molecular flexibility index (Phi) is 4.84. The smallest absolute Gasteiger partial charge is 0.253 e. The molecule has 4 heteroatoms. The number of benzene rings is 1. The number of amides is 1. The monoisotopic (exact) mass is 273 g/mol. The van der Waals surface area contributed by atoms with Gasteiger partial charge < -0.3 is 5.32 Å². The Morgan fingerprint density at radius 2 is 2.12 bits per heavy atom. The first-order valence-corrected chi connectivity index (χ1v) is 6.48. The van der Waals surface area contributed by atoms with Crippen molar-refractivity contribution in [1.82, 2.24) is 5.32 Å². The predicted molar refractivity (Wildman–Crippen MR) is 73.1 cm³/mol. The molecular weight excluding hydrogens is 257 g/mol. The summed E-state index contributed by atoms with van der Waals surface area (Å²) in [6, 6.07) is 5.41. The van der Waals surface area contributed by atoms with E-state index in [1.807, 2.05) is 32.9 Å². The lowest BCUT2D eigenvalue weighted by atomic mass is 10.0. The molecule has 1 aromatic carbocycles. The van der Waals surface area contributed by atoms with Gasteiger partial charge in [-0.1, -0.05) is 30.7 Å². The summed E-state index contributed by atoms with van der Waals surface area (Å²) in [5.74, 6) is 0.197. The van der Waals surface area contributed by atoms with Crippen molar-refractivity contribution < 1.29 is 4.79 Å². The number of carbonyl (C=O) groups is 1. The van der Waals surface area contributed by atoms with E-state index in [0.29, 0.717) is 16.5 Å². The molecule has 94 valence electrons. The van der Waals surface area contributed by atoms with Gasteiger partial charge in [-0.3, -0.25) is 4.79 Å². The molecule has 0 spiro atoms. The zero-order valence-electron chi connectivity index (χ0n) is 10.3. The predicted octanol–water partition coefficient (Wildman–Crippen LogP) is 3.79. The Bertz CT molecular complexity index is 414. The first-order valence-electron chi connectivity index (χ1n) is 5.57. The Morgan fingerprint density at radius 3 is 2.65 bits per heavy atom. The second-order valence-electron chi connectivity index (χ2n) is 4.44. The van der Waals surface area contributed by atoms with E-state index < -0.39 is 5.54 Å². The third kappa shape index (κ3) is 3.36. The van der Waals surface area contributed by atoms with Crippen molar-refractivity contribution in [1.29, 1.82) is 0 Å². The number of rotatable bonds is 4. The van der Waals surface area contributed by atoms with Gasteiger partial charge in [0.25, 0.3) is 5.91 Å². The van der Waals surface area contributed by atoms with Gasteiger partial charge in [-0.15, -0.1) is 11.6 Å². The van der Waals surface area contributed by atoms with E-state index in [-0.39, 0.29) is 5.91 Å². The van der Waals surface area contributed by atoms with Gasteiger partial charge in [-0.05, 0) is 31.9 Å². The molecule has 1 amide bonds. The molecule has 0 saturated heterocycles. The van der Waals surface area contributed by atoms with Gasteiger partial charge in [0, 0.05) is 5.88 Å². The van der Waals surface area contributed by atoms with Gasteiger partial charge in [0.15, 0.2) is 0 Å². The molecule has 1 rings (SSSR count). The van der Waals surface area contributed by atoms with Gasteiger partial charge >= 0.3 is 0 Å². The van der Waals surface area contributed by atoms with Gasteiger partial charge in [-0.25, -0.2) is 0 Å². The average Bonchev–Trinajstić information content (AvgIpc) is 2.32. The second-order valence-corrected chi connectivity index (χ2v) is 5.08. The minimum atomic E-state index is -0.397. The molecule has 0 aliphatic carbocycles. The first kappa shape index (κ1) is 14.3. The van der Waals surface area contributed by atoms with Crippen molar-refractivity contribution >= 4 is 29.1 Å². The Morgan fingerprint density at radius 1 is 1.47 bits per heavy atom. The van der Waals surface area contributed by atoms with E-state index in [9.17, 15) is 4.79 Å². The Balaban J connectivity index is 2.94. The fourth-order valence-electron chi connectivity index (χ4n) is 1.38. The van der Waals surface area contributed by atoms with Crippen LogP contribution in [-0.4, -0.2) is 17.3 Å². The highest BCUT2D eigenvalue weighted by Crippen LogP contribution is 2.21. The van der Waals surface area contributed by atoms with E-state index in [0.717, 1.165) is 12.0 Å². The maximum absolute atomic E-state index is 12.1. The topological polar surface area (TPSA) is 29.1 Å². The number of hydrogen-bond acceptors (Lipinski definition) is 1. The normalized spacial score (nSPS) is 14.2. The summed E-state index contributed by atoms with van der Waals surface area (Å²) in [4.78, 5) is 12.1. The number of hydrogen-bond donors (Lipinski definition) is 1. The SMILES string of the molecule is CCC(C)(CCl)NC(=O)c1cccc(C)c1Cl. The van der Waals surface area contributed by atoms with Gasteiger partial charge in [0.1, 0.15) is 0 Å². The number of alkyl halides is 1. The lowest BCUT2D eigenvalue weighted by molar-refractivity contribution is 0.0912. The van der Waals surface area contributed by atoms with E-state index in [2.05, 4.69) is 5.32 Å². The third-order valence-electron chi connectivity index (χ3n) is 2.93. The minimum absolute atomic E-state index is 0.177. The molecule has 0 saturated carbocycles. The van der Waals surface area contributed by atoms with Crippen LogP contribution in [0.15, 0.2) is 18.2 Å². The summed E-state index contributed by atoms with van der Waals surface area (Å²) < 4.78 is 0. The van der Waals surface area contributed by atoms with Crippen LogP contribution in [0.2, 0.25) is 5.02 Å². The van der Waals surface area contributed by atoms with Crippen LogP contribution in [0, 0.1) is 6.92 Å². The van der Waals surface area contributed by atoms with E-state index in [1.54, 1.807) is 6.07 Å². The van der Waals surface area contributed by atoms with Crippen molar-refractivity contribution in [3.8, 4) is 0 Å². The van der Waals surface area contributed by atoms with Crippen LogP contribution >= 0.6 is 23.2 Å².